The Labute approximate surface area is 68.0 Å². The molecule has 0 aliphatic carbocycles. The summed E-state index contributed by atoms with van der Waals surface area (Å²) in [5, 5.41) is 1.33. The third-order valence-corrected chi connectivity index (χ3v) is 3.09. The van der Waals surface area contributed by atoms with E-state index >= 15 is 0 Å². The van der Waals surface area contributed by atoms with Crippen LogP contribution in [-0.4, -0.2) is 10.1 Å². The molecule has 0 aliphatic heterocycles. The van der Waals surface area contributed by atoms with E-state index in [2.05, 4.69) is 6.07 Å². The number of hydrogen-bond donors (Lipinski definition) is 0. The fraction of sp³-hybridized carbons (Fsp3) is 0.200. The van der Waals surface area contributed by atoms with Crippen molar-refractivity contribution in [3.63, 3.8) is 0 Å². The van der Waals surface area contributed by atoms with E-state index in [0.717, 1.165) is 17.4 Å². The molecule has 0 aliphatic rings. The van der Waals surface area contributed by atoms with Crippen LogP contribution in [0.5, 0.6) is 0 Å². The molecular formula is C5H2F3OS2. The van der Waals surface area contributed by atoms with Gasteiger partial charge in [0.2, 0.25) is 4.21 Å². The summed E-state index contributed by atoms with van der Waals surface area (Å²) >= 11 is -2.10. The molecule has 61 valence electrons. The van der Waals surface area contributed by atoms with Crippen LogP contribution >= 0.6 is 11.3 Å². The Balaban J connectivity index is 2.78. The first-order valence-corrected chi connectivity index (χ1v) is 4.48. The molecule has 0 saturated heterocycles. The van der Waals surface area contributed by atoms with Gasteiger partial charge in [0, 0.05) is 11.4 Å². The molecule has 0 amide bonds. The van der Waals surface area contributed by atoms with Gasteiger partial charge in [0.05, 0.1) is 0 Å². The number of alkyl halides is 3. The molecule has 0 N–H and O–H groups in total. The zero-order valence-electron chi connectivity index (χ0n) is 5.01. The molecule has 1 heterocycles. The topological polar surface area (TPSA) is 23.1 Å². The molecule has 6 heteroatoms. The molecule has 1 rings (SSSR count). The van der Waals surface area contributed by atoms with Gasteiger partial charge in [-0.05, 0) is 6.07 Å². The Bertz CT molecular complexity index is 218. The summed E-state index contributed by atoms with van der Waals surface area (Å²) in [7, 11) is 0. The van der Waals surface area contributed by atoms with Crippen molar-refractivity contribution in [3.8, 4) is 0 Å². The maximum Gasteiger partial charge on any atom is 0.579 e. The molecule has 11 heavy (non-hydrogen) atoms. The Kier molecular flexibility index (Phi) is 2.46. The van der Waals surface area contributed by atoms with Crippen molar-refractivity contribution in [1.82, 2.24) is 0 Å². The van der Waals surface area contributed by atoms with Gasteiger partial charge in [-0.3, -0.25) is 0 Å². The van der Waals surface area contributed by atoms with Crippen molar-refractivity contribution >= 4 is 22.5 Å². The molecular weight excluding hydrogens is 197 g/mol. The van der Waals surface area contributed by atoms with Crippen LogP contribution in [0.15, 0.2) is 15.7 Å². The molecule has 0 spiro atoms. The Morgan fingerprint density at radius 2 is 2.18 bits per heavy atom. The summed E-state index contributed by atoms with van der Waals surface area (Å²) in [5.74, 6) is 0. The van der Waals surface area contributed by atoms with Crippen LogP contribution in [0.25, 0.3) is 0 Å². The predicted octanol–water partition coefficient (Wildman–Crippen LogP) is 2.18. The Morgan fingerprint density at radius 3 is 2.55 bits per heavy atom. The van der Waals surface area contributed by atoms with E-state index in [1.165, 1.54) is 5.38 Å². The summed E-state index contributed by atoms with van der Waals surface area (Å²) in [5.41, 5.74) is -4.65. The lowest BCUT2D eigenvalue weighted by Crippen LogP contribution is -2.22. The van der Waals surface area contributed by atoms with Gasteiger partial charge in [-0.2, -0.15) is 0 Å². The van der Waals surface area contributed by atoms with Crippen molar-refractivity contribution in [2.75, 3.05) is 0 Å². The molecule has 0 bridgehead atoms. The van der Waals surface area contributed by atoms with Gasteiger partial charge in [-0.15, -0.1) is 13.2 Å². The zero-order valence-corrected chi connectivity index (χ0v) is 6.65. The highest BCUT2D eigenvalue weighted by molar-refractivity contribution is 7.94. The molecule has 0 saturated carbocycles. The summed E-state index contributed by atoms with van der Waals surface area (Å²) in [4.78, 5) is 0. The number of rotatable bonds is 1. The van der Waals surface area contributed by atoms with E-state index < -0.39 is 16.7 Å². The monoisotopic (exact) mass is 199 g/mol. The van der Waals surface area contributed by atoms with E-state index in [9.17, 15) is 17.7 Å². The van der Waals surface area contributed by atoms with Crippen molar-refractivity contribution in [3.05, 3.63) is 17.5 Å². The third-order valence-electron chi connectivity index (χ3n) is 0.837. The number of halogens is 3. The maximum atomic E-state index is 11.7. The maximum absolute atomic E-state index is 11.7. The first-order valence-electron chi connectivity index (χ1n) is 2.45. The molecule has 1 aromatic heterocycles. The third kappa shape index (κ3) is 2.11. The van der Waals surface area contributed by atoms with Gasteiger partial charge in [-0.25, -0.2) is 0 Å². The van der Waals surface area contributed by atoms with E-state index in [-0.39, 0.29) is 4.21 Å². The second-order valence-corrected chi connectivity index (χ2v) is 4.19. The van der Waals surface area contributed by atoms with Crippen molar-refractivity contribution in [1.29, 1.82) is 0 Å². The average Bonchev–Trinajstić information content (AvgIpc) is 2.34. The second kappa shape index (κ2) is 3.04. The molecule has 1 aromatic rings. The van der Waals surface area contributed by atoms with Crippen LogP contribution in [0.4, 0.5) is 13.2 Å². The van der Waals surface area contributed by atoms with E-state index in [4.69, 9.17) is 0 Å². The zero-order chi connectivity index (χ0) is 8.48. The SMILES string of the molecule is [O-][S+](c1c[c]cs1)C(F)(F)F. The minimum absolute atomic E-state index is 0.211. The summed E-state index contributed by atoms with van der Waals surface area (Å²) < 4.78 is 45.4. The van der Waals surface area contributed by atoms with E-state index in [0.29, 0.717) is 0 Å². The number of hydrogen-bond acceptors (Lipinski definition) is 2. The first-order chi connectivity index (χ1) is 5.02. The highest BCUT2D eigenvalue weighted by Gasteiger charge is 2.46. The van der Waals surface area contributed by atoms with Crippen LogP contribution in [0.2, 0.25) is 0 Å². The fourth-order valence-corrected chi connectivity index (χ4v) is 2.01. The normalized spacial score (nSPS) is 14.9. The first kappa shape index (κ1) is 8.89. The second-order valence-electron chi connectivity index (χ2n) is 1.58. The highest BCUT2D eigenvalue weighted by atomic mass is 32.2. The molecule has 1 unspecified atom stereocenters. The van der Waals surface area contributed by atoms with E-state index in [1.807, 2.05) is 0 Å². The van der Waals surface area contributed by atoms with Gasteiger partial charge >= 0.3 is 5.51 Å². The van der Waals surface area contributed by atoms with Crippen LogP contribution < -0.4 is 0 Å². The van der Waals surface area contributed by atoms with Crippen LogP contribution in [-0.2, 0) is 11.2 Å². The van der Waals surface area contributed by atoms with Gasteiger partial charge in [0.25, 0.3) is 0 Å². The smallest absolute Gasteiger partial charge is 0.579 e. The fourth-order valence-electron chi connectivity index (χ4n) is 0.439. The standard InChI is InChI=1S/C5H2F3OS2/c6-5(7,8)11(9)4-2-1-3-10-4/h2-3H. The minimum atomic E-state index is -4.65. The molecule has 0 fully saturated rings. The minimum Gasteiger partial charge on any atom is -0.604 e. The van der Waals surface area contributed by atoms with Gasteiger partial charge in [0.1, 0.15) is 11.2 Å². The lowest BCUT2D eigenvalue weighted by Gasteiger charge is -2.08. The summed E-state index contributed by atoms with van der Waals surface area (Å²) in [6.07, 6.45) is 0. The van der Waals surface area contributed by atoms with Crippen molar-refractivity contribution < 1.29 is 17.7 Å². The molecule has 0 aromatic carbocycles. The van der Waals surface area contributed by atoms with Crippen molar-refractivity contribution in [2.45, 2.75) is 9.72 Å². The summed E-state index contributed by atoms with van der Waals surface area (Å²) in [6, 6.07) is 3.49. The molecule has 1 nitrogen and oxygen atoms in total. The summed E-state index contributed by atoms with van der Waals surface area (Å²) in [6.45, 7) is 0. The van der Waals surface area contributed by atoms with E-state index in [1.54, 1.807) is 0 Å². The van der Waals surface area contributed by atoms with Crippen LogP contribution in [0.1, 0.15) is 0 Å². The molecule has 1 atom stereocenters. The lowest BCUT2D eigenvalue weighted by molar-refractivity contribution is -0.0433. The highest BCUT2D eigenvalue weighted by Crippen LogP contribution is 2.32. The Morgan fingerprint density at radius 1 is 1.55 bits per heavy atom. The Hall–Kier alpha value is -0.200. The van der Waals surface area contributed by atoms with Crippen molar-refractivity contribution in [2.24, 2.45) is 0 Å². The van der Waals surface area contributed by atoms with Crippen LogP contribution in [0, 0.1) is 6.07 Å². The molecule has 1 radical (unpaired) electrons. The lowest BCUT2D eigenvalue weighted by atomic mass is 10.7. The van der Waals surface area contributed by atoms with Gasteiger partial charge < -0.3 is 4.55 Å². The van der Waals surface area contributed by atoms with Gasteiger partial charge in [-0.1, -0.05) is 11.3 Å². The van der Waals surface area contributed by atoms with Gasteiger partial charge in [0.15, 0.2) is 0 Å². The largest absolute Gasteiger partial charge is 0.604 e. The quantitative estimate of drug-likeness (QED) is 0.636. The predicted molar refractivity (Wildman–Crippen MR) is 35.6 cm³/mol. The average molecular weight is 199 g/mol. The number of thiophene rings is 1. The van der Waals surface area contributed by atoms with Crippen LogP contribution in [0.3, 0.4) is 0 Å².